The van der Waals surface area contributed by atoms with Crippen molar-refractivity contribution in [2.24, 2.45) is 5.10 Å². The van der Waals surface area contributed by atoms with E-state index in [4.69, 9.17) is 14.2 Å². The van der Waals surface area contributed by atoms with Crippen LogP contribution in [-0.2, 0) is 9.53 Å². The molecular weight excluding hydrogens is 508 g/mol. The topological polar surface area (TPSA) is 80.7 Å². The second-order valence-electron chi connectivity index (χ2n) is 8.82. The Morgan fingerprint density at radius 1 is 1.00 bits per heavy atom. The van der Waals surface area contributed by atoms with Crippen LogP contribution in [0.1, 0.15) is 33.9 Å². The Morgan fingerprint density at radius 2 is 1.79 bits per heavy atom. The van der Waals surface area contributed by atoms with E-state index in [1.807, 2.05) is 0 Å². The van der Waals surface area contributed by atoms with Gasteiger partial charge in [0.2, 0.25) is 0 Å². The SMILES string of the molecule is COCCN(CC(=O)N1N=C(c2ccc(OC)cc2OC)C[C@H]1c1ccccc1F)C(=O)c1cccc(F)c1. The molecule has 4 rings (SSSR count). The van der Waals surface area contributed by atoms with Crippen LogP contribution in [0.15, 0.2) is 71.8 Å². The van der Waals surface area contributed by atoms with Crippen LogP contribution in [0.4, 0.5) is 8.78 Å². The second kappa shape index (κ2) is 12.5. The van der Waals surface area contributed by atoms with E-state index in [1.165, 1.54) is 55.5 Å². The molecular formula is C29H29F2N3O5. The van der Waals surface area contributed by atoms with Crippen LogP contribution in [0.5, 0.6) is 11.5 Å². The quantitative estimate of drug-likeness (QED) is 0.382. The zero-order valence-electron chi connectivity index (χ0n) is 21.9. The molecule has 0 unspecified atom stereocenters. The summed E-state index contributed by atoms with van der Waals surface area (Å²) in [5.74, 6) is -1.06. The number of amides is 2. The van der Waals surface area contributed by atoms with Crippen LogP contribution < -0.4 is 9.47 Å². The summed E-state index contributed by atoms with van der Waals surface area (Å²) in [6, 6.07) is 15.9. The van der Waals surface area contributed by atoms with Crippen LogP contribution >= 0.6 is 0 Å². The first kappa shape index (κ1) is 27.7. The monoisotopic (exact) mass is 537 g/mol. The van der Waals surface area contributed by atoms with Gasteiger partial charge in [-0.05, 0) is 36.4 Å². The summed E-state index contributed by atoms with van der Waals surface area (Å²) in [6.07, 6.45) is 0.214. The maximum absolute atomic E-state index is 14.9. The van der Waals surface area contributed by atoms with Gasteiger partial charge in [-0.25, -0.2) is 13.8 Å². The predicted octanol–water partition coefficient (Wildman–Crippen LogP) is 4.45. The molecule has 3 aromatic carbocycles. The van der Waals surface area contributed by atoms with Crippen LogP contribution in [0.25, 0.3) is 0 Å². The predicted molar refractivity (Wildman–Crippen MR) is 141 cm³/mol. The molecule has 0 aromatic heterocycles. The highest BCUT2D eigenvalue weighted by atomic mass is 19.1. The number of nitrogens with zero attached hydrogens (tertiary/aromatic N) is 3. The van der Waals surface area contributed by atoms with Gasteiger partial charge in [0, 0.05) is 42.8 Å². The van der Waals surface area contributed by atoms with Crippen molar-refractivity contribution < 1.29 is 32.6 Å². The highest BCUT2D eigenvalue weighted by molar-refractivity contribution is 6.05. The highest BCUT2D eigenvalue weighted by Crippen LogP contribution is 2.37. The van der Waals surface area contributed by atoms with Gasteiger partial charge in [0.25, 0.3) is 11.8 Å². The molecule has 8 nitrogen and oxygen atoms in total. The summed E-state index contributed by atoms with van der Waals surface area (Å²) >= 11 is 0. The Balaban J connectivity index is 1.69. The van der Waals surface area contributed by atoms with E-state index in [9.17, 15) is 18.4 Å². The van der Waals surface area contributed by atoms with Crippen LogP contribution in [0, 0.1) is 11.6 Å². The van der Waals surface area contributed by atoms with Crippen molar-refractivity contribution in [3.8, 4) is 11.5 Å². The number of benzene rings is 3. The number of rotatable bonds is 10. The molecule has 3 aromatic rings. The average Bonchev–Trinajstić information content (AvgIpc) is 3.39. The number of carbonyl (C=O) groups excluding carboxylic acids is 2. The van der Waals surface area contributed by atoms with Gasteiger partial charge in [-0.3, -0.25) is 9.59 Å². The van der Waals surface area contributed by atoms with Gasteiger partial charge in [0.05, 0.1) is 32.6 Å². The minimum Gasteiger partial charge on any atom is -0.497 e. The number of methoxy groups -OCH3 is 3. The molecule has 0 bridgehead atoms. The summed E-state index contributed by atoms with van der Waals surface area (Å²) in [5, 5.41) is 5.79. The summed E-state index contributed by atoms with van der Waals surface area (Å²) in [7, 11) is 4.52. The van der Waals surface area contributed by atoms with Gasteiger partial charge in [0.1, 0.15) is 29.7 Å². The first-order chi connectivity index (χ1) is 18.9. The number of hydrazone groups is 1. The first-order valence-corrected chi connectivity index (χ1v) is 12.3. The van der Waals surface area contributed by atoms with Crippen LogP contribution in [-0.4, -0.2) is 68.5 Å². The fourth-order valence-electron chi connectivity index (χ4n) is 4.42. The maximum Gasteiger partial charge on any atom is 0.262 e. The molecule has 1 aliphatic heterocycles. The third-order valence-electron chi connectivity index (χ3n) is 6.40. The summed E-state index contributed by atoms with van der Waals surface area (Å²) < 4.78 is 44.6. The zero-order chi connectivity index (χ0) is 27.9. The fraction of sp³-hybridized carbons (Fsp3) is 0.276. The number of ether oxygens (including phenoxy) is 3. The van der Waals surface area contributed by atoms with E-state index in [0.29, 0.717) is 22.8 Å². The standard InChI is InChI=1S/C29H29F2N3O5/c1-37-14-13-33(29(36)19-7-6-8-20(30)15-19)18-28(35)34-26(22-9-4-5-10-24(22)31)17-25(32-34)23-12-11-21(38-2)16-27(23)39-3/h4-12,15-16,26H,13-14,17-18H2,1-3H3/t26-/m0/s1. The molecule has 0 saturated heterocycles. The third-order valence-corrected chi connectivity index (χ3v) is 6.40. The number of hydrogen-bond acceptors (Lipinski definition) is 6. The van der Waals surface area contributed by atoms with Gasteiger partial charge in [-0.2, -0.15) is 5.10 Å². The lowest BCUT2D eigenvalue weighted by Crippen LogP contribution is -2.42. The van der Waals surface area contributed by atoms with Gasteiger partial charge in [-0.1, -0.05) is 24.3 Å². The van der Waals surface area contributed by atoms with Crippen molar-refractivity contribution in [1.82, 2.24) is 9.91 Å². The van der Waals surface area contributed by atoms with Crippen molar-refractivity contribution >= 4 is 17.5 Å². The summed E-state index contributed by atoms with van der Waals surface area (Å²) in [6.45, 7) is -0.137. The molecule has 0 fully saturated rings. The highest BCUT2D eigenvalue weighted by Gasteiger charge is 2.36. The summed E-state index contributed by atoms with van der Waals surface area (Å²) in [4.78, 5) is 28.1. The van der Waals surface area contributed by atoms with Crippen molar-refractivity contribution in [3.05, 3.63) is 95.1 Å². The van der Waals surface area contributed by atoms with Gasteiger partial charge >= 0.3 is 0 Å². The molecule has 1 aliphatic rings. The molecule has 0 saturated carbocycles. The molecule has 2 amide bonds. The minimum atomic E-state index is -0.756. The lowest BCUT2D eigenvalue weighted by atomic mass is 9.97. The molecule has 204 valence electrons. The van der Waals surface area contributed by atoms with Crippen LogP contribution in [0.2, 0.25) is 0 Å². The first-order valence-electron chi connectivity index (χ1n) is 12.3. The van der Waals surface area contributed by atoms with Crippen LogP contribution in [0.3, 0.4) is 0 Å². The molecule has 0 spiro atoms. The molecule has 0 aliphatic carbocycles. The van der Waals surface area contributed by atoms with E-state index >= 15 is 0 Å². The lowest BCUT2D eigenvalue weighted by molar-refractivity contribution is -0.133. The van der Waals surface area contributed by atoms with E-state index in [-0.39, 0.29) is 37.2 Å². The molecule has 0 N–H and O–H groups in total. The third kappa shape index (κ3) is 6.23. The van der Waals surface area contributed by atoms with Crippen molar-refractivity contribution in [1.29, 1.82) is 0 Å². The number of halogens is 2. The van der Waals surface area contributed by atoms with Crippen molar-refractivity contribution in [2.45, 2.75) is 12.5 Å². The number of hydrogen-bond donors (Lipinski definition) is 0. The van der Waals surface area contributed by atoms with E-state index < -0.39 is 29.5 Å². The average molecular weight is 538 g/mol. The molecule has 10 heteroatoms. The molecule has 1 atom stereocenters. The van der Waals surface area contributed by atoms with E-state index in [1.54, 1.807) is 36.4 Å². The smallest absolute Gasteiger partial charge is 0.262 e. The Bertz CT molecular complexity index is 1380. The molecule has 1 heterocycles. The lowest BCUT2D eigenvalue weighted by Gasteiger charge is -2.27. The second-order valence-corrected chi connectivity index (χ2v) is 8.82. The van der Waals surface area contributed by atoms with E-state index in [2.05, 4.69) is 5.10 Å². The molecule has 0 radical (unpaired) electrons. The normalized spacial score (nSPS) is 14.6. The van der Waals surface area contributed by atoms with Gasteiger partial charge < -0.3 is 19.1 Å². The van der Waals surface area contributed by atoms with E-state index in [0.717, 1.165) is 6.07 Å². The zero-order valence-corrected chi connectivity index (χ0v) is 21.9. The largest absolute Gasteiger partial charge is 0.497 e. The Labute approximate surface area is 225 Å². The maximum atomic E-state index is 14.9. The Kier molecular flexibility index (Phi) is 8.88. The molecule has 39 heavy (non-hydrogen) atoms. The fourth-order valence-corrected chi connectivity index (χ4v) is 4.42. The van der Waals surface area contributed by atoms with Crippen molar-refractivity contribution in [2.75, 3.05) is 41.0 Å². The Morgan fingerprint density at radius 3 is 2.49 bits per heavy atom. The minimum absolute atomic E-state index is 0.0820. The number of carbonyl (C=O) groups is 2. The van der Waals surface area contributed by atoms with Crippen molar-refractivity contribution in [3.63, 3.8) is 0 Å². The van der Waals surface area contributed by atoms with Gasteiger partial charge in [0.15, 0.2) is 0 Å². The van der Waals surface area contributed by atoms with Gasteiger partial charge in [-0.15, -0.1) is 0 Å². The summed E-state index contributed by atoms with van der Waals surface area (Å²) in [5.41, 5.74) is 1.52. The Hall–Kier alpha value is -4.31.